The zero-order chi connectivity index (χ0) is 10.6. The van der Waals surface area contributed by atoms with E-state index in [4.69, 9.17) is 16.9 Å². The lowest BCUT2D eigenvalue weighted by molar-refractivity contribution is 0.850. The SMILES string of the molecule is CCc1c(C#N)cccc1C(C)CCl. The molecule has 0 radical (unpaired) electrons. The van der Waals surface area contributed by atoms with Gasteiger partial charge in [-0.3, -0.25) is 0 Å². The maximum absolute atomic E-state index is 8.95. The van der Waals surface area contributed by atoms with Crippen molar-refractivity contribution in [3.63, 3.8) is 0 Å². The van der Waals surface area contributed by atoms with Gasteiger partial charge in [0.2, 0.25) is 0 Å². The summed E-state index contributed by atoms with van der Waals surface area (Å²) in [6.07, 6.45) is 0.889. The van der Waals surface area contributed by atoms with Crippen LogP contribution in [0.5, 0.6) is 0 Å². The largest absolute Gasteiger partial charge is 0.192 e. The lowest BCUT2D eigenvalue weighted by atomic mass is 9.92. The van der Waals surface area contributed by atoms with Crippen molar-refractivity contribution in [2.24, 2.45) is 0 Å². The Balaban J connectivity index is 3.23. The highest BCUT2D eigenvalue weighted by Gasteiger charge is 2.11. The molecule has 0 heterocycles. The van der Waals surface area contributed by atoms with E-state index in [0.717, 1.165) is 17.5 Å². The minimum atomic E-state index is 0.319. The minimum Gasteiger partial charge on any atom is -0.192 e. The number of halogens is 1. The van der Waals surface area contributed by atoms with Crippen molar-refractivity contribution in [2.45, 2.75) is 26.2 Å². The van der Waals surface area contributed by atoms with Gasteiger partial charge in [-0.1, -0.05) is 26.0 Å². The molecule has 1 nitrogen and oxygen atoms in total. The number of nitriles is 1. The molecule has 0 fully saturated rings. The number of benzene rings is 1. The number of alkyl halides is 1. The molecule has 0 spiro atoms. The molecule has 0 saturated heterocycles. The molecule has 0 aromatic heterocycles. The summed E-state index contributed by atoms with van der Waals surface area (Å²) in [5.74, 6) is 0.918. The third-order valence-corrected chi connectivity index (χ3v) is 2.91. The van der Waals surface area contributed by atoms with Crippen molar-refractivity contribution in [3.05, 3.63) is 34.9 Å². The third-order valence-electron chi connectivity index (χ3n) is 2.45. The second kappa shape index (κ2) is 5.02. The van der Waals surface area contributed by atoms with Crippen molar-refractivity contribution in [2.75, 3.05) is 5.88 Å². The lowest BCUT2D eigenvalue weighted by Crippen LogP contribution is -2.02. The van der Waals surface area contributed by atoms with Crippen LogP contribution < -0.4 is 0 Å². The van der Waals surface area contributed by atoms with Crippen LogP contribution in [0.15, 0.2) is 18.2 Å². The van der Waals surface area contributed by atoms with E-state index in [1.54, 1.807) is 0 Å². The molecule has 74 valence electrons. The van der Waals surface area contributed by atoms with Crippen molar-refractivity contribution < 1.29 is 0 Å². The summed E-state index contributed by atoms with van der Waals surface area (Å²) in [5, 5.41) is 8.95. The van der Waals surface area contributed by atoms with Crippen LogP contribution in [0, 0.1) is 11.3 Å². The summed E-state index contributed by atoms with van der Waals surface area (Å²) in [6, 6.07) is 8.08. The van der Waals surface area contributed by atoms with E-state index in [1.165, 1.54) is 5.56 Å². The Hall–Kier alpha value is -1.00. The molecular weight excluding hydrogens is 194 g/mol. The average Bonchev–Trinajstić information content (AvgIpc) is 2.26. The number of rotatable bonds is 3. The van der Waals surface area contributed by atoms with Crippen LogP contribution in [0.3, 0.4) is 0 Å². The molecule has 0 aliphatic heterocycles. The Bertz CT molecular complexity index is 352. The van der Waals surface area contributed by atoms with E-state index < -0.39 is 0 Å². The first kappa shape index (κ1) is 11.1. The molecule has 1 unspecified atom stereocenters. The molecule has 0 amide bonds. The predicted octanol–water partition coefficient (Wildman–Crippen LogP) is 3.46. The maximum atomic E-state index is 8.95. The van der Waals surface area contributed by atoms with Gasteiger partial charge in [-0.05, 0) is 29.5 Å². The van der Waals surface area contributed by atoms with Crippen LogP contribution in [-0.4, -0.2) is 5.88 Å². The molecule has 1 rings (SSSR count). The van der Waals surface area contributed by atoms with Crippen molar-refractivity contribution in [1.29, 1.82) is 5.26 Å². The van der Waals surface area contributed by atoms with Crippen LogP contribution in [0.1, 0.15) is 36.5 Å². The van der Waals surface area contributed by atoms with E-state index in [2.05, 4.69) is 26.0 Å². The fourth-order valence-corrected chi connectivity index (χ4v) is 1.82. The first-order chi connectivity index (χ1) is 6.74. The summed E-state index contributed by atoms with van der Waals surface area (Å²) in [4.78, 5) is 0. The van der Waals surface area contributed by atoms with Crippen LogP contribution in [0.4, 0.5) is 0 Å². The van der Waals surface area contributed by atoms with Gasteiger partial charge in [0.1, 0.15) is 0 Å². The smallest absolute Gasteiger partial charge is 0.0994 e. The molecule has 14 heavy (non-hydrogen) atoms. The quantitative estimate of drug-likeness (QED) is 0.697. The van der Waals surface area contributed by atoms with Gasteiger partial charge in [0.05, 0.1) is 11.6 Å². The number of nitrogens with zero attached hydrogens (tertiary/aromatic N) is 1. The van der Waals surface area contributed by atoms with Gasteiger partial charge >= 0.3 is 0 Å². The zero-order valence-corrected chi connectivity index (χ0v) is 9.30. The van der Waals surface area contributed by atoms with Gasteiger partial charge in [0.15, 0.2) is 0 Å². The number of hydrogen-bond acceptors (Lipinski definition) is 1. The molecule has 0 saturated carbocycles. The van der Waals surface area contributed by atoms with Gasteiger partial charge in [0, 0.05) is 5.88 Å². The molecule has 1 aromatic rings. The van der Waals surface area contributed by atoms with Crippen molar-refractivity contribution in [1.82, 2.24) is 0 Å². The Labute approximate surface area is 90.3 Å². The highest BCUT2D eigenvalue weighted by Crippen LogP contribution is 2.24. The Morgan fingerprint density at radius 3 is 2.71 bits per heavy atom. The summed E-state index contributed by atoms with van der Waals surface area (Å²) in [6.45, 7) is 4.16. The zero-order valence-electron chi connectivity index (χ0n) is 8.55. The Kier molecular flexibility index (Phi) is 3.98. The summed E-state index contributed by atoms with van der Waals surface area (Å²) in [5.41, 5.74) is 3.13. The third kappa shape index (κ3) is 2.08. The summed E-state index contributed by atoms with van der Waals surface area (Å²) in [7, 11) is 0. The van der Waals surface area contributed by atoms with Gasteiger partial charge in [0.25, 0.3) is 0 Å². The van der Waals surface area contributed by atoms with Crippen LogP contribution >= 0.6 is 11.6 Å². The van der Waals surface area contributed by atoms with Crippen LogP contribution in [0.25, 0.3) is 0 Å². The van der Waals surface area contributed by atoms with Crippen LogP contribution in [-0.2, 0) is 6.42 Å². The van der Waals surface area contributed by atoms with Gasteiger partial charge in [-0.25, -0.2) is 0 Å². The monoisotopic (exact) mass is 207 g/mol. The highest BCUT2D eigenvalue weighted by atomic mass is 35.5. The molecule has 2 heteroatoms. The van der Waals surface area contributed by atoms with Crippen LogP contribution in [0.2, 0.25) is 0 Å². The van der Waals surface area contributed by atoms with Crippen molar-refractivity contribution in [3.8, 4) is 6.07 Å². The molecule has 0 bridgehead atoms. The van der Waals surface area contributed by atoms with Crippen molar-refractivity contribution >= 4 is 11.6 Å². The Morgan fingerprint density at radius 1 is 1.50 bits per heavy atom. The molecular formula is C12H14ClN. The lowest BCUT2D eigenvalue weighted by Gasteiger charge is -2.14. The minimum absolute atomic E-state index is 0.319. The van der Waals surface area contributed by atoms with Gasteiger partial charge in [-0.2, -0.15) is 5.26 Å². The van der Waals surface area contributed by atoms with E-state index in [-0.39, 0.29) is 0 Å². The molecule has 1 aromatic carbocycles. The topological polar surface area (TPSA) is 23.8 Å². The molecule has 0 aliphatic carbocycles. The molecule has 1 atom stereocenters. The van der Waals surface area contributed by atoms with Gasteiger partial charge in [-0.15, -0.1) is 11.6 Å². The maximum Gasteiger partial charge on any atom is 0.0994 e. The van der Waals surface area contributed by atoms with E-state index in [0.29, 0.717) is 11.8 Å². The fourth-order valence-electron chi connectivity index (χ4n) is 1.65. The second-order valence-electron chi connectivity index (χ2n) is 3.39. The summed E-state index contributed by atoms with van der Waals surface area (Å²) >= 11 is 5.83. The van der Waals surface area contributed by atoms with E-state index in [9.17, 15) is 0 Å². The fraction of sp³-hybridized carbons (Fsp3) is 0.417. The predicted molar refractivity (Wildman–Crippen MR) is 59.7 cm³/mol. The van der Waals surface area contributed by atoms with Gasteiger partial charge < -0.3 is 0 Å². The Morgan fingerprint density at radius 2 is 2.21 bits per heavy atom. The first-order valence-electron chi connectivity index (χ1n) is 4.82. The summed E-state index contributed by atoms with van der Waals surface area (Å²) < 4.78 is 0. The first-order valence-corrected chi connectivity index (χ1v) is 5.35. The normalized spacial score (nSPS) is 12.1. The number of hydrogen-bond donors (Lipinski definition) is 0. The second-order valence-corrected chi connectivity index (χ2v) is 3.70. The highest BCUT2D eigenvalue weighted by molar-refractivity contribution is 6.18. The average molecular weight is 208 g/mol. The molecule has 0 N–H and O–H groups in total. The standard InChI is InChI=1S/C12H14ClN/c1-3-11-10(8-14)5-4-6-12(11)9(2)7-13/h4-6,9H,3,7H2,1-2H3. The molecule has 0 aliphatic rings. The van der Waals surface area contributed by atoms with E-state index in [1.807, 2.05) is 12.1 Å². The van der Waals surface area contributed by atoms with E-state index >= 15 is 0 Å².